The van der Waals surface area contributed by atoms with E-state index in [1.165, 1.54) is 6.33 Å². The minimum absolute atomic E-state index is 0.168. The van der Waals surface area contributed by atoms with Gasteiger partial charge in [-0.25, -0.2) is 10.4 Å². The zero-order valence-electron chi connectivity index (χ0n) is 12.5. The molecule has 0 aliphatic carbocycles. The van der Waals surface area contributed by atoms with E-state index in [-0.39, 0.29) is 24.3 Å². The Morgan fingerprint density at radius 3 is 2.76 bits per heavy atom. The lowest BCUT2D eigenvalue weighted by molar-refractivity contribution is -0.121. The number of hydrogen-bond acceptors (Lipinski definition) is 5. The highest BCUT2D eigenvalue weighted by molar-refractivity contribution is 6.39. The summed E-state index contributed by atoms with van der Waals surface area (Å²) in [6, 6.07) is -0.231. The Kier molecular flexibility index (Phi) is 4.66. The monoisotopic (exact) mass is 292 g/mol. The van der Waals surface area contributed by atoms with Crippen molar-refractivity contribution in [2.45, 2.75) is 39.2 Å². The molecule has 8 nitrogen and oxygen atoms in total. The third-order valence-corrected chi connectivity index (χ3v) is 3.24. The van der Waals surface area contributed by atoms with Crippen LogP contribution < -0.4 is 10.7 Å². The molecular formula is C13H20N6O2. The van der Waals surface area contributed by atoms with Gasteiger partial charge in [0.2, 0.25) is 5.91 Å². The number of carbonyl (C=O) groups excluding carboxylic acids is 2. The Labute approximate surface area is 123 Å². The van der Waals surface area contributed by atoms with Crippen molar-refractivity contribution in [3.8, 4) is 0 Å². The first-order chi connectivity index (χ1) is 9.97. The number of aryl methyl sites for hydroxylation is 1. The molecule has 0 unspecified atom stereocenters. The molecule has 1 aromatic rings. The molecule has 21 heavy (non-hydrogen) atoms. The fourth-order valence-corrected chi connectivity index (χ4v) is 2.20. The molecule has 0 bridgehead atoms. The molecule has 0 saturated carbocycles. The van der Waals surface area contributed by atoms with Gasteiger partial charge in [0.25, 0.3) is 5.91 Å². The van der Waals surface area contributed by atoms with Crippen molar-refractivity contribution in [2.75, 3.05) is 0 Å². The molecule has 2 N–H and O–H groups in total. The normalized spacial score (nSPS) is 16.4. The first-order valence-electron chi connectivity index (χ1n) is 6.97. The molecule has 0 radical (unpaired) electrons. The lowest BCUT2D eigenvalue weighted by atomic mass is 10.0. The Balaban J connectivity index is 2.10. The molecule has 114 valence electrons. The number of nitrogens with zero attached hydrogens (tertiary/aromatic N) is 4. The molecule has 0 fully saturated rings. The van der Waals surface area contributed by atoms with Crippen LogP contribution in [0.2, 0.25) is 0 Å². The maximum absolute atomic E-state index is 12.3. The van der Waals surface area contributed by atoms with Crippen LogP contribution in [-0.4, -0.2) is 32.3 Å². The van der Waals surface area contributed by atoms with Crippen molar-refractivity contribution in [1.82, 2.24) is 25.5 Å². The second-order valence-electron chi connectivity index (χ2n) is 5.49. The Bertz CT molecular complexity index is 563. The highest BCUT2D eigenvalue weighted by atomic mass is 16.2. The van der Waals surface area contributed by atoms with Gasteiger partial charge in [-0.05, 0) is 12.3 Å². The summed E-state index contributed by atoms with van der Waals surface area (Å²) in [6.45, 7) is 4.15. The molecule has 1 aromatic heterocycles. The minimum Gasteiger partial charge on any atom is -0.341 e. The van der Waals surface area contributed by atoms with Gasteiger partial charge in [-0.2, -0.15) is 10.2 Å². The van der Waals surface area contributed by atoms with Gasteiger partial charge in [0.1, 0.15) is 17.9 Å². The van der Waals surface area contributed by atoms with E-state index in [1.54, 1.807) is 11.7 Å². The standard InChI is InChI=1S/C13H20N6O2/c1-8(2)6-10(12-14-7-15-19(12)3)16-13(21)9-4-5-11(20)18-17-9/h7-8,10H,4-6H2,1-3H3,(H,16,21)(H,18,20)/t10-/m0/s1. The molecule has 0 aromatic carbocycles. The van der Waals surface area contributed by atoms with E-state index in [0.29, 0.717) is 23.9 Å². The maximum Gasteiger partial charge on any atom is 0.268 e. The second kappa shape index (κ2) is 6.47. The summed E-state index contributed by atoms with van der Waals surface area (Å²) in [4.78, 5) is 27.5. The van der Waals surface area contributed by atoms with Crippen LogP contribution in [0, 0.1) is 5.92 Å². The average Bonchev–Trinajstić information content (AvgIpc) is 2.84. The first-order valence-corrected chi connectivity index (χ1v) is 6.97. The number of nitrogens with one attached hydrogen (secondary N) is 2. The van der Waals surface area contributed by atoms with Crippen molar-refractivity contribution in [1.29, 1.82) is 0 Å². The van der Waals surface area contributed by atoms with Crippen LogP contribution >= 0.6 is 0 Å². The van der Waals surface area contributed by atoms with Crippen LogP contribution in [0.5, 0.6) is 0 Å². The van der Waals surface area contributed by atoms with Gasteiger partial charge in [-0.1, -0.05) is 13.8 Å². The van der Waals surface area contributed by atoms with Crippen LogP contribution in [-0.2, 0) is 16.6 Å². The van der Waals surface area contributed by atoms with Crippen molar-refractivity contribution in [3.63, 3.8) is 0 Å². The molecule has 2 heterocycles. The first kappa shape index (κ1) is 15.1. The molecule has 0 spiro atoms. The quantitative estimate of drug-likeness (QED) is 0.814. The molecule has 2 amide bonds. The Morgan fingerprint density at radius 1 is 1.48 bits per heavy atom. The van der Waals surface area contributed by atoms with Crippen LogP contribution in [0.15, 0.2) is 11.4 Å². The number of hydrazone groups is 1. The van der Waals surface area contributed by atoms with E-state index in [2.05, 4.69) is 39.8 Å². The summed E-state index contributed by atoms with van der Waals surface area (Å²) in [5, 5.41) is 10.8. The number of rotatable bonds is 5. The summed E-state index contributed by atoms with van der Waals surface area (Å²) in [5.41, 5.74) is 2.67. The van der Waals surface area contributed by atoms with E-state index < -0.39 is 0 Å². The Morgan fingerprint density at radius 2 is 2.24 bits per heavy atom. The van der Waals surface area contributed by atoms with E-state index in [0.717, 1.165) is 6.42 Å². The second-order valence-corrected chi connectivity index (χ2v) is 5.49. The van der Waals surface area contributed by atoms with Crippen LogP contribution in [0.25, 0.3) is 0 Å². The fourth-order valence-electron chi connectivity index (χ4n) is 2.20. The van der Waals surface area contributed by atoms with Gasteiger partial charge in [-0.3, -0.25) is 14.3 Å². The van der Waals surface area contributed by atoms with Crippen molar-refractivity contribution in [3.05, 3.63) is 12.2 Å². The molecule has 8 heteroatoms. The molecule has 1 atom stereocenters. The number of hydrogen-bond donors (Lipinski definition) is 2. The van der Waals surface area contributed by atoms with Gasteiger partial charge >= 0.3 is 0 Å². The van der Waals surface area contributed by atoms with E-state index in [9.17, 15) is 9.59 Å². The van der Waals surface area contributed by atoms with Crippen molar-refractivity contribution in [2.24, 2.45) is 18.1 Å². The summed E-state index contributed by atoms with van der Waals surface area (Å²) < 4.78 is 1.65. The number of aromatic nitrogens is 3. The topological polar surface area (TPSA) is 101 Å². The fraction of sp³-hybridized carbons (Fsp3) is 0.615. The highest BCUT2D eigenvalue weighted by Gasteiger charge is 2.24. The summed E-state index contributed by atoms with van der Waals surface area (Å²) in [7, 11) is 1.79. The predicted molar refractivity (Wildman–Crippen MR) is 76.2 cm³/mol. The summed E-state index contributed by atoms with van der Waals surface area (Å²) >= 11 is 0. The van der Waals surface area contributed by atoms with Gasteiger partial charge in [0.05, 0.1) is 6.04 Å². The van der Waals surface area contributed by atoms with E-state index in [1.807, 2.05) is 0 Å². The smallest absolute Gasteiger partial charge is 0.268 e. The van der Waals surface area contributed by atoms with Crippen molar-refractivity contribution >= 4 is 17.5 Å². The predicted octanol–water partition coefficient (Wildman–Crippen LogP) is 0.284. The largest absolute Gasteiger partial charge is 0.341 e. The van der Waals surface area contributed by atoms with Crippen LogP contribution in [0.3, 0.4) is 0 Å². The SMILES string of the molecule is CC(C)C[C@H](NC(=O)C1=NNC(=O)CC1)c1ncnn1C. The zero-order chi connectivity index (χ0) is 15.4. The summed E-state index contributed by atoms with van der Waals surface area (Å²) in [6.07, 6.45) is 2.85. The van der Waals surface area contributed by atoms with Crippen LogP contribution in [0.4, 0.5) is 0 Å². The summed E-state index contributed by atoms with van der Waals surface area (Å²) in [5.74, 6) is 0.653. The molecule has 0 saturated heterocycles. The highest BCUT2D eigenvalue weighted by Crippen LogP contribution is 2.19. The van der Waals surface area contributed by atoms with Gasteiger partial charge < -0.3 is 5.32 Å². The average molecular weight is 292 g/mol. The number of carbonyl (C=O) groups is 2. The minimum atomic E-state index is -0.274. The van der Waals surface area contributed by atoms with Crippen molar-refractivity contribution < 1.29 is 9.59 Å². The van der Waals surface area contributed by atoms with Crippen LogP contribution in [0.1, 0.15) is 45.0 Å². The van der Waals surface area contributed by atoms with Gasteiger partial charge in [0, 0.05) is 19.9 Å². The van der Waals surface area contributed by atoms with E-state index in [4.69, 9.17) is 0 Å². The number of amides is 2. The molecule has 1 aliphatic heterocycles. The third-order valence-electron chi connectivity index (χ3n) is 3.24. The van der Waals surface area contributed by atoms with Gasteiger partial charge in [-0.15, -0.1) is 0 Å². The lowest BCUT2D eigenvalue weighted by Gasteiger charge is -2.21. The Hall–Kier alpha value is -2.25. The maximum atomic E-state index is 12.3. The van der Waals surface area contributed by atoms with Gasteiger partial charge in [0.15, 0.2) is 0 Å². The zero-order valence-corrected chi connectivity index (χ0v) is 12.5. The molecule has 2 rings (SSSR count). The third kappa shape index (κ3) is 3.87. The lowest BCUT2D eigenvalue weighted by Crippen LogP contribution is -2.39. The molecular weight excluding hydrogens is 272 g/mol. The molecule has 1 aliphatic rings. The van der Waals surface area contributed by atoms with E-state index >= 15 is 0 Å².